The highest BCUT2D eigenvalue weighted by atomic mass is 32.2. The Morgan fingerprint density at radius 1 is 1.47 bits per heavy atom. The van der Waals surface area contributed by atoms with Gasteiger partial charge in [-0.15, -0.1) is 0 Å². The lowest BCUT2D eigenvalue weighted by Gasteiger charge is -2.33. The van der Waals surface area contributed by atoms with Crippen molar-refractivity contribution in [2.75, 3.05) is 31.1 Å². The van der Waals surface area contributed by atoms with Crippen molar-refractivity contribution in [3.8, 4) is 0 Å². The average Bonchev–Trinajstić information content (AvgIpc) is 3.02. The van der Waals surface area contributed by atoms with Crippen molar-refractivity contribution in [2.24, 2.45) is 0 Å². The molecular weight excluding hydrogens is 236 g/mol. The lowest BCUT2D eigenvalue weighted by Crippen LogP contribution is -2.47. The fourth-order valence-corrected chi connectivity index (χ4v) is 3.81. The molecule has 1 unspecified atom stereocenters. The van der Waals surface area contributed by atoms with Crippen molar-refractivity contribution in [3.05, 3.63) is 12.2 Å². The number of nitrogens with zero attached hydrogens (tertiary/aromatic N) is 1. The Bertz CT molecular complexity index is 387. The molecule has 17 heavy (non-hydrogen) atoms. The Morgan fingerprint density at radius 2 is 2.18 bits per heavy atom. The first-order valence-corrected chi connectivity index (χ1v) is 8.13. The molecule has 2 rings (SSSR count). The third-order valence-electron chi connectivity index (χ3n) is 3.45. The van der Waals surface area contributed by atoms with Crippen LogP contribution >= 0.6 is 0 Å². The smallest absolute Gasteiger partial charge is 0.153 e. The third kappa shape index (κ3) is 4.08. The Balaban J connectivity index is 1.76. The summed E-state index contributed by atoms with van der Waals surface area (Å²) in [5, 5.41) is 3.43. The lowest BCUT2D eigenvalue weighted by atomic mass is 10.2. The molecule has 1 aliphatic heterocycles. The number of sulfone groups is 1. The summed E-state index contributed by atoms with van der Waals surface area (Å²) in [5.74, 6) is 0.580. The Morgan fingerprint density at radius 3 is 2.76 bits per heavy atom. The van der Waals surface area contributed by atoms with Gasteiger partial charge in [-0.1, -0.05) is 6.58 Å². The van der Waals surface area contributed by atoms with Crippen LogP contribution in [0.2, 0.25) is 0 Å². The molecule has 1 heterocycles. The van der Waals surface area contributed by atoms with Gasteiger partial charge in [-0.2, -0.15) is 0 Å². The molecule has 98 valence electrons. The zero-order chi connectivity index (χ0) is 12.5. The van der Waals surface area contributed by atoms with Crippen LogP contribution in [0.5, 0.6) is 0 Å². The van der Waals surface area contributed by atoms with Gasteiger partial charge in [0.05, 0.1) is 11.5 Å². The highest BCUT2D eigenvalue weighted by Gasteiger charge is 2.28. The standard InChI is InChI=1S/C12H22N2O2S/c1-10(7-13-12-3-4-12)8-14-5-6-17(15,16)9-11(14)2/h11-13H,1,3-9H2,2H3. The van der Waals surface area contributed by atoms with Crippen LogP contribution in [0.1, 0.15) is 19.8 Å². The molecule has 0 aromatic rings. The monoisotopic (exact) mass is 258 g/mol. The van der Waals surface area contributed by atoms with Crippen molar-refractivity contribution in [1.82, 2.24) is 10.2 Å². The molecule has 2 aliphatic rings. The van der Waals surface area contributed by atoms with Gasteiger partial charge in [0.15, 0.2) is 9.84 Å². The van der Waals surface area contributed by atoms with E-state index in [9.17, 15) is 8.42 Å². The molecule has 0 aromatic heterocycles. The zero-order valence-electron chi connectivity index (χ0n) is 10.5. The number of hydrogen-bond donors (Lipinski definition) is 1. The first-order chi connectivity index (χ1) is 7.96. The summed E-state index contributed by atoms with van der Waals surface area (Å²) in [5.41, 5.74) is 1.16. The van der Waals surface area contributed by atoms with Gasteiger partial charge in [0.25, 0.3) is 0 Å². The number of rotatable bonds is 5. The van der Waals surface area contributed by atoms with Gasteiger partial charge in [0.1, 0.15) is 0 Å². The van der Waals surface area contributed by atoms with Crippen LogP contribution in [0.15, 0.2) is 12.2 Å². The molecule has 0 spiro atoms. The third-order valence-corrected chi connectivity index (χ3v) is 5.25. The molecule has 1 N–H and O–H groups in total. The van der Waals surface area contributed by atoms with E-state index in [1.807, 2.05) is 6.92 Å². The fraction of sp³-hybridized carbons (Fsp3) is 0.833. The molecule has 2 fully saturated rings. The van der Waals surface area contributed by atoms with Gasteiger partial charge >= 0.3 is 0 Å². The van der Waals surface area contributed by atoms with Crippen LogP contribution < -0.4 is 5.32 Å². The van der Waals surface area contributed by atoms with E-state index in [0.29, 0.717) is 18.3 Å². The second kappa shape index (κ2) is 5.08. The quantitative estimate of drug-likeness (QED) is 0.726. The number of hydrogen-bond acceptors (Lipinski definition) is 4. The topological polar surface area (TPSA) is 49.4 Å². The molecule has 4 nitrogen and oxygen atoms in total. The SMILES string of the molecule is C=C(CNC1CC1)CN1CCS(=O)(=O)CC1C. The van der Waals surface area contributed by atoms with Gasteiger partial charge in [0.2, 0.25) is 0 Å². The maximum absolute atomic E-state index is 11.5. The fourth-order valence-electron chi connectivity index (χ4n) is 2.19. The van der Waals surface area contributed by atoms with Crippen molar-refractivity contribution in [1.29, 1.82) is 0 Å². The largest absolute Gasteiger partial charge is 0.310 e. The number of nitrogens with one attached hydrogen (secondary N) is 1. The second-order valence-corrected chi connectivity index (χ2v) is 7.57. The summed E-state index contributed by atoms with van der Waals surface area (Å²) < 4.78 is 22.9. The summed E-state index contributed by atoms with van der Waals surface area (Å²) in [7, 11) is -2.80. The average molecular weight is 258 g/mol. The minimum absolute atomic E-state index is 0.117. The summed E-state index contributed by atoms with van der Waals surface area (Å²) in [6.07, 6.45) is 2.57. The van der Waals surface area contributed by atoms with Gasteiger partial charge in [-0.25, -0.2) is 8.42 Å². The first-order valence-electron chi connectivity index (χ1n) is 6.31. The predicted octanol–water partition coefficient (Wildman–Crippen LogP) is 0.414. The van der Waals surface area contributed by atoms with Crippen LogP contribution in [0.4, 0.5) is 0 Å². The van der Waals surface area contributed by atoms with E-state index < -0.39 is 9.84 Å². The minimum atomic E-state index is -2.80. The molecule has 0 amide bonds. The van der Waals surface area contributed by atoms with E-state index in [-0.39, 0.29) is 11.8 Å². The van der Waals surface area contributed by atoms with Crippen molar-refractivity contribution in [2.45, 2.75) is 31.8 Å². The van der Waals surface area contributed by atoms with Gasteiger partial charge < -0.3 is 5.32 Å². The zero-order valence-corrected chi connectivity index (χ0v) is 11.3. The summed E-state index contributed by atoms with van der Waals surface area (Å²) in [6.45, 7) is 8.37. The molecule has 0 aromatic carbocycles. The highest BCUT2D eigenvalue weighted by molar-refractivity contribution is 7.91. The van der Waals surface area contributed by atoms with Crippen molar-refractivity contribution in [3.63, 3.8) is 0 Å². The van der Waals surface area contributed by atoms with Gasteiger partial charge in [-0.3, -0.25) is 4.90 Å². The predicted molar refractivity (Wildman–Crippen MR) is 69.9 cm³/mol. The Labute approximate surface area is 104 Å². The highest BCUT2D eigenvalue weighted by Crippen LogP contribution is 2.19. The van der Waals surface area contributed by atoms with Gasteiger partial charge in [-0.05, 0) is 25.3 Å². The molecule has 1 aliphatic carbocycles. The van der Waals surface area contributed by atoms with Crippen LogP contribution in [-0.4, -0.2) is 56.5 Å². The van der Waals surface area contributed by atoms with Crippen molar-refractivity contribution >= 4 is 9.84 Å². The molecule has 1 atom stereocenters. The molecule has 5 heteroatoms. The van der Waals surface area contributed by atoms with E-state index in [4.69, 9.17) is 0 Å². The summed E-state index contributed by atoms with van der Waals surface area (Å²) in [6, 6.07) is 0.817. The summed E-state index contributed by atoms with van der Waals surface area (Å²) >= 11 is 0. The maximum Gasteiger partial charge on any atom is 0.153 e. The normalized spacial score (nSPS) is 29.1. The van der Waals surface area contributed by atoms with E-state index >= 15 is 0 Å². The van der Waals surface area contributed by atoms with Crippen LogP contribution in [-0.2, 0) is 9.84 Å². The van der Waals surface area contributed by atoms with E-state index in [1.54, 1.807) is 0 Å². The van der Waals surface area contributed by atoms with Crippen LogP contribution in [0, 0.1) is 0 Å². The van der Waals surface area contributed by atoms with Crippen LogP contribution in [0.3, 0.4) is 0 Å². The summed E-state index contributed by atoms with van der Waals surface area (Å²) in [4.78, 5) is 2.22. The molecule has 1 saturated heterocycles. The molecule has 0 bridgehead atoms. The maximum atomic E-state index is 11.5. The van der Waals surface area contributed by atoms with Crippen LogP contribution in [0.25, 0.3) is 0 Å². The van der Waals surface area contributed by atoms with Gasteiger partial charge in [0, 0.05) is 31.7 Å². The molecular formula is C12H22N2O2S. The Hall–Kier alpha value is -0.390. The minimum Gasteiger partial charge on any atom is -0.310 e. The second-order valence-electron chi connectivity index (χ2n) is 5.34. The van der Waals surface area contributed by atoms with E-state index in [2.05, 4.69) is 16.8 Å². The van der Waals surface area contributed by atoms with Crippen molar-refractivity contribution < 1.29 is 8.42 Å². The lowest BCUT2D eigenvalue weighted by molar-refractivity contribution is 0.244. The Kier molecular flexibility index (Phi) is 3.90. The van der Waals surface area contributed by atoms with E-state index in [0.717, 1.165) is 18.7 Å². The first kappa shape index (κ1) is 13.1. The molecule has 1 saturated carbocycles. The molecule has 0 radical (unpaired) electrons. The van der Waals surface area contributed by atoms with E-state index in [1.165, 1.54) is 12.8 Å².